The fourth-order valence-corrected chi connectivity index (χ4v) is 4.66. The zero-order valence-electron chi connectivity index (χ0n) is 17.7. The number of benzene rings is 2. The highest BCUT2D eigenvalue weighted by atomic mass is 16.5. The summed E-state index contributed by atoms with van der Waals surface area (Å²) < 4.78 is 11.0. The molecule has 0 aromatic heterocycles. The molecule has 3 unspecified atom stereocenters. The smallest absolute Gasteiger partial charge is 0.253 e. The molecule has 0 spiro atoms. The Balaban J connectivity index is 1.67. The second-order valence-corrected chi connectivity index (χ2v) is 7.82. The number of carbonyl (C=O) groups excluding carboxylic acids is 1. The first kappa shape index (κ1) is 20.5. The van der Waals surface area contributed by atoms with Crippen LogP contribution in [-0.2, 0) is 4.74 Å². The van der Waals surface area contributed by atoms with Crippen LogP contribution < -0.4 is 15.4 Å². The third-order valence-corrected chi connectivity index (χ3v) is 6.01. The van der Waals surface area contributed by atoms with Crippen LogP contribution in [0.2, 0.25) is 0 Å². The van der Waals surface area contributed by atoms with E-state index >= 15 is 0 Å². The number of methoxy groups -OCH3 is 1. The maximum atomic E-state index is 12.9. The maximum absolute atomic E-state index is 12.9. The minimum Gasteiger partial charge on any atom is -0.494 e. The number of amides is 1. The molecule has 2 N–H and O–H groups in total. The van der Waals surface area contributed by atoms with E-state index in [1.165, 1.54) is 5.56 Å². The van der Waals surface area contributed by atoms with Gasteiger partial charge in [0, 0.05) is 31.7 Å². The molecule has 0 fully saturated rings. The Labute approximate surface area is 178 Å². The SMILES string of the molecule is CCOc1ccccc1C1Nc2c(C(=O)NCCCOC)cccc2C2C=CCC21. The van der Waals surface area contributed by atoms with Crippen molar-refractivity contribution in [2.75, 3.05) is 32.2 Å². The Bertz CT molecular complexity index is 924. The van der Waals surface area contributed by atoms with Crippen LogP contribution in [0.15, 0.2) is 54.6 Å². The first-order chi connectivity index (χ1) is 14.7. The normalized spacial score (nSPS) is 21.5. The van der Waals surface area contributed by atoms with Crippen LogP contribution in [0.25, 0.3) is 0 Å². The molecule has 158 valence electrons. The van der Waals surface area contributed by atoms with Gasteiger partial charge in [-0.1, -0.05) is 42.5 Å². The predicted octanol–water partition coefficient (Wildman–Crippen LogP) is 4.68. The van der Waals surface area contributed by atoms with Crippen molar-refractivity contribution < 1.29 is 14.3 Å². The molecule has 0 bridgehead atoms. The lowest BCUT2D eigenvalue weighted by Gasteiger charge is -2.38. The van der Waals surface area contributed by atoms with Crippen molar-refractivity contribution in [3.8, 4) is 5.75 Å². The van der Waals surface area contributed by atoms with Crippen molar-refractivity contribution in [2.24, 2.45) is 5.92 Å². The minimum absolute atomic E-state index is 0.0484. The van der Waals surface area contributed by atoms with Crippen molar-refractivity contribution in [1.29, 1.82) is 0 Å². The first-order valence-electron chi connectivity index (χ1n) is 10.8. The quantitative estimate of drug-likeness (QED) is 0.494. The van der Waals surface area contributed by atoms with Crippen molar-refractivity contribution in [2.45, 2.75) is 31.7 Å². The topological polar surface area (TPSA) is 59.6 Å². The molecule has 1 aliphatic carbocycles. The van der Waals surface area contributed by atoms with Crippen LogP contribution in [-0.4, -0.2) is 32.8 Å². The summed E-state index contributed by atoms with van der Waals surface area (Å²) in [6.45, 7) is 3.86. The molecule has 5 heteroatoms. The Morgan fingerprint density at radius 1 is 1.17 bits per heavy atom. The second kappa shape index (κ2) is 9.35. The van der Waals surface area contributed by atoms with Gasteiger partial charge in [-0.3, -0.25) is 4.79 Å². The second-order valence-electron chi connectivity index (χ2n) is 7.82. The maximum Gasteiger partial charge on any atom is 0.253 e. The van der Waals surface area contributed by atoms with Gasteiger partial charge in [0.05, 0.1) is 23.9 Å². The molecular weight excluding hydrogens is 376 g/mol. The van der Waals surface area contributed by atoms with Crippen LogP contribution in [0.3, 0.4) is 0 Å². The van der Waals surface area contributed by atoms with Gasteiger partial charge in [0.15, 0.2) is 0 Å². The lowest BCUT2D eigenvalue weighted by atomic mass is 9.76. The number of carbonyl (C=O) groups is 1. The predicted molar refractivity (Wildman–Crippen MR) is 119 cm³/mol. The lowest BCUT2D eigenvalue weighted by molar-refractivity contribution is 0.0949. The van der Waals surface area contributed by atoms with Crippen LogP contribution >= 0.6 is 0 Å². The number of rotatable bonds is 8. The highest BCUT2D eigenvalue weighted by Crippen LogP contribution is 2.51. The van der Waals surface area contributed by atoms with Gasteiger partial charge in [-0.25, -0.2) is 0 Å². The zero-order chi connectivity index (χ0) is 20.9. The number of hydrogen-bond donors (Lipinski definition) is 2. The summed E-state index contributed by atoms with van der Waals surface area (Å²) in [7, 11) is 1.67. The van der Waals surface area contributed by atoms with E-state index in [1.54, 1.807) is 7.11 Å². The molecule has 0 saturated carbocycles. The number of ether oxygens (including phenoxy) is 2. The van der Waals surface area contributed by atoms with Crippen LogP contribution in [0.4, 0.5) is 5.69 Å². The van der Waals surface area contributed by atoms with E-state index in [2.05, 4.69) is 41.0 Å². The summed E-state index contributed by atoms with van der Waals surface area (Å²) in [6, 6.07) is 14.3. The monoisotopic (exact) mass is 406 g/mol. The Morgan fingerprint density at radius 2 is 2.00 bits per heavy atom. The number of hydrogen-bond acceptors (Lipinski definition) is 4. The fraction of sp³-hybridized carbons (Fsp3) is 0.400. The fourth-order valence-electron chi connectivity index (χ4n) is 4.66. The summed E-state index contributed by atoms with van der Waals surface area (Å²) in [5.41, 5.74) is 3.98. The minimum atomic E-state index is -0.0484. The number of para-hydroxylation sites is 2. The van der Waals surface area contributed by atoms with Gasteiger partial charge >= 0.3 is 0 Å². The molecular formula is C25H30N2O3. The van der Waals surface area contributed by atoms with Crippen LogP contribution in [0.1, 0.15) is 53.2 Å². The molecule has 0 saturated heterocycles. The number of nitrogens with one attached hydrogen (secondary N) is 2. The Morgan fingerprint density at radius 3 is 2.83 bits per heavy atom. The number of anilines is 1. The molecule has 0 radical (unpaired) electrons. The molecule has 1 amide bonds. The standard InChI is InChI=1S/C25H30N2O3/c1-3-30-22-14-5-4-9-20(22)23-18-11-6-10-17(18)19-12-7-13-21(24(19)27-23)25(28)26-15-8-16-29-2/h4-7,9-10,12-14,17-18,23,27H,3,8,11,15-16H2,1-2H3,(H,26,28). The van der Waals surface area contributed by atoms with Gasteiger partial charge in [-0.05, 0) is 43.4 Å². The van der Waals surface area contributed by atoms with E-state index in [9.17, 15) is 4.79 Å². The van der Waals surface area contributed by atoms with Crippen molar-refractivity contribution in [3.63, 3.8) is 0 Å². The van der Waals surface area contributed by atoms with Gasteiger partial charge in [0.1, 0.15) is 5.75 Å². The molecule has 2 aromatic carbocycles. The van der Waals surface area contributed by atoms with Crippen molar-refractivity contribution in [1.82, 2.24) is 5.32 Å². The third-order valence-electron chi connectivity index (χ3n) is 6.01. The highest BCUT2D eigenvalue weighted by molar-refractivity contribution is 6.00. The molecule has 4 rings (SSSR count). The number of fused-ring (bicyclic) bond motifs is 3. The van der Waals surface area contributed by atoms with E-state index in [0.717, 1.165) is 29.8 Å². The molecule has 5 nitrogen and oxygen atoms in total. The summed E-state index contributed by atoms with van der Waals surface area (Å²) in [6.07, 6.45) is 6.36. The molecule has 30 heavy (non-hydrogen) atoms. The first-order valence-corrected chi connectivity index (χ1v) is 10.8. The number of allylic oxidation sites excluding steroid dienone is 2. The third kappa shape index (κ3) is 3.94. The Kier molecular flexibility index (Phi) is 6.38. The summed E-state index contributed by atoms with van der Waals surface area (Å²) >= 11 is 0. The van der Waals surface area contributed by atoms with E-state index in [1.807, 2.05) is 31.2 Å². The van der Waals surface area contributed by atoms with Gasteiger partial charge in [0.2, 0.25) is 0 Å². The van der Waals surface area contributed by atoms with Crippen LogP contribution in [0, 0.1) is 5.92 Å². The molecule has 2 aliphatic rings. The molecule has 3 atom stereocenters. The summed E-state index contributed by atoms with van der Waals surface area (Å²) in [5.74, 6) is 1.56. The molecule has 1 heterocycles. The van der Waals surface area contributed by atoms with Crippen molar-refractivity contribution in [3.05, 3.63) is 71.3 Å². The molecule has 1 aliphatic heterocycles. The molecule has 2 aromatic rings. The van der Waals surface area contributed by atoms with E-state index in [0.29, 0.717) is 37.2 Å². The van der Waals surface area contributed by atoms with Crippen LogP contribution in [0.5, 0.6) is 5.75 Å². The van der Waals surface area contributed by atoms with Gasteiger partial charge in [-0.15, -0.1) is 0 Å². The average molecular weight is 407 g/mol. The summed E-state index contributed by atoms with van der Waals surface area (Å²) in [5, 5.41) is 6.76. The highest BCUT2D eigenvalue weighted by Gasteiger charge is 2.40. The van der Waals surface area contributed by atoms with Crippen molar-refractivity contribution >= 4 is 11.6 Å². The summed E-state index contributed by atoms with van der Waals surface area (Å²) in [4.78, 5) is 12.9. The lowest BCUT2D eigenvalue weighted by Crippen LogP contribution is -2.32. The van der Waals surface area contributed by atoms with Gasteiger partial charge < -0.3 is 20.1 Å². The van der Waals surface area contributed by atoms with Gasteiger partial charge in [-0.2, -0.15) is 0 Å². The van der Waals surface area contributed by atoms with E-state index < -0.39 is 0 Å². The van der Waals surface area contributed by atoms with E-state index in [-0.39, 0.29) is 11.9 Å². The largest absolute Gasteiger partial charge is 0.494 e. The average Bonchev–Trinajstić information content (AvgIpc) is 3.27. The van der Waals surface area contributed by atoms with E-state index in [4.69, 9.17) is 9.47 Å². The zero-order valence-corrected chi connectivity index (χ0v) is 17.7. The van der Waals surface area contributed by atoms with Gasteiger partial charge in [0.25, 0.3) is 5.91 Å². The Hall–Kier alpha value is -2.79.